The van der Waals surface area contributed by atoms with Crippen molar-refractivity contribution < 1.29 is 23.5 Å². The monoisotopic (exact) mass is 578 g/mol. The molecule has 2 aliphatic rings. The minimum Gasteiger partial charge on any atom is -0.445 e. The Morgan fingerprint density at radius 2 is 1.76 bits per heavy atom. The third-order valence-electron chi connectivity index (χ3n) is 7.11. The zero-order chi connectivity index (χ0) is 28.2. The molecule has 214 valence electrons. The van der Waals surface area contributed by atoms with Crippen LogP contribution in [0.15, 0.2) is 57.1 Å². The number of morpholine rings is 1. The Balaban J connectivity index is 0.954. The third-order valence-corrected chi connectivity index (χ3v) is 8.01. The molecule has 0 aliphatic carbocycles. The fourth-order valence-corrected chi connectivity index (χ4v) is 5.67. The largest absolute Gasteiger partial charge is 0.445 e. The van der Waals surface area contributed by atoms with Crippen LogP contribution < -0.4 is 16.0 Å². The summed E-state index contributed by atoms with van der Waals surface area (Å²) >= 11 is 1.38. The SMILES string of the molecule is O=C(Nc1ccc2[nH]c(=O)oc2c1)c1csc(N2CCN(C(=O)OCc3ccc(CN4CCOCC4)cc3)CC2)n1. The number of fused-ring (bicyclic) bond motifs is 1. The highest BCUT2D eigenvalue weighted by atomic mass is 32.1. The fraction of sp³-hybridized carbons (Fsp3) is 0.357. The Bertz CT molecular complexity index is 1570. The van der Waals surface area contributed by atoms with Gasteiger partial charge >= 0.3 is 11.8 Å². The van der Waals surface area contributed by atoms with Crippen molar-refractivity contribution in [1.82, 2.24) is 19.8 Å². The van der Waals surface area contributed by atoms with E-state index < -0.39 is 5.76 Å². The topological polar surface area (TPSA) is 133 Å². The minimum absolute atomic E-state index is 0.227. The molecule has 0 spiro atoms. The molecule has 2 fully saturated rings. The number of hydrogen-bond donors (Lipinski definition) is 2. The minimum atomic E-state index is -0.550. The molecule has 12 nitrogen and oxygen atoms in total. The lowest BCUT2D eigenvalue weighted by Crippen LogP contribution is -2.49. The third kappa shape index (κ3) is 6.59. The first-order valence-corrected chi connectivity index (χ1v) is 14.3. The molecular weight excluding hydrogens is 548 g/mol. The predicted octanol–water partition coefficient (Wildman–Crippen LogP) is 3.12. The summed E-state index contributed by atoms with van der Waals surface area (Å²) in [4.78, 5) is 49.9. The molecule has 0 saturated carbocycles. The van der Waals surface area contributed by atoms with Crippen LogP contribution in [0.4, 0.5) is 15.6 Å². The number of ether oxygens (including phenoxy) is 2. The number of rotatable bonds is 7. The number of oxazole rings is 1. The fourth-order valence-electron chi connectivity index (χ4n) is 4.81. The van der Waals surface area contributed by atoms with E-state index >= 15 is 0 Å². The van der Waals surface area contributed by atoms with Gasteiger partial charge in [-0.3, -0.25) is 14.7 Å². The molecule has 0 atom stereocenters. The first-order valence-electron chi connectivity index (χ1n) is 13.4. The molecule has 0 radical (unpaired) electrons. The first-order chi connectivity index (χ1) is 20.0. The van der Waals surface area contributed by atoms with Crippen molar-refractivity contribution in [3.63, 3.8) is 0 Å². The van der Waals surface area contributed by atoms with Crippen LogP contribution in [-0.4, -0.2) is 84.3 Å². The summed E-state index contributed by atoms with van der Waals surface area (Å²) in [5.74, 6) is -0.910. The zero-order valence-corrected chi connectivity index (χ0v) is 23.2. The Labute approximate surface area is 239 Å². The molecule has 2 N–H and O–H groups in total. The summed E-state index contributed by atoms with van der Waals surface area (Å²) < 4.78 is 16.0. The second-order valence-corrected chi connectivity index (χ2v) is 10.8. The maximum Gasteiger partial charge on any atom is 0.417 e. The number of thiazole rings is 1. The summed E-state index contributed by atoms with van der Waals surface area (Å²) in [6, 6.07) is 13.1. The Hall–Kier alpha value is -4.20. The van der Waals surface area contributed by atoms with E-state index in [0.29, 0.717) is 53.8 Å². The number of aromatic nitrogens is 2. The van der Waals surface area contributed by atoms with E-state index in [4.69, 9.17) is 13.9 Å². The van der Waals surface area contributed by atoms with Gasteiger partial charge in [0.15, 0.2) is 10.7 Å². The number of aromatic amines is 1. The highest BCUT2D eigenvalue weighted by Crippen LogP contribution is 2.24. The van der Waals surface area contributed by atoms with Crippen LogP contribution in [0.2, 0.25) is 0 Å². The van der Waals surface area contributed by atoms with Crippen molar-refractivity contribution >= 4 is 45.3 Å². The van der Waals surface area contributed by atoms with Crippen LogP contribution in [0.1, 0.15) is 21.6 Å². The van der Waals surface area contributed by atoms with Gasteiger partial charge < -0.3 is 29.0 Å². The normalized spacial score (nSPS) is 16.2. The molecule has 2 aromatic carbocycles. The van der Waals surface area contributed by atoms with E-state index in [-0.39, 0.29) is 18.6 Å². The molecule has 0 unspecified atom stereocenters. The van der Waals surface area contributed by atoms with Gasteiger partial charge in [0.2, 0.25) is 0 Å². The number of carbonyl (C=O) groups is 2. The standard InChI is InChI=1S/C28H30N6O6S/c35-25(29-21-5-6-22-24(15-21)40-27(36)31-22)23-18-41-26(30-23)33-7-9-34(10-8-33)28(37)39-17-20-3-1-19(2-4-20)16-32-11-13-38-14-12-32/h1-6,15,18H,7-14,16-17H2,(H,29,35)(H,31,36). The summed E-state index contributed by atoms with van der Waals surface area (Å²) in [6.07, 6.45) is -0.337. The molecule has 2 aliphatic heterocycles. The van der Waals surface area contributed by atoms with Crippen LogP contribution in [0.25, 0.3) is 11.1 Å². The maximum absolute atomic E-state index is 12.7. The van der Waals surface area contributed by atoms with Crippen LogP contribution >= 0.6 is 11.3 Å². The maximum atomic E-state index is 12.7. The van der Waals surface area contributed by atoms with Crippen LogP contribution in [0.5, 0.6) is 0 Å². The molecule has 13 heteroatoms. The average molecular weight is 579 g/mol. The molecule has 6 rings (SSSR count). The van der Waals surface area contributed by atoms with E-state index in [1.165, 1.54) is 16.9 Å². The van der Waals surface area contributed by atoms with E-state index in [9.17, 15) is 14.4 Å². The average Bonchev–Trinajstić information content (AvgIpc) is 3.64. The number of nitrogens with zero attached hydrogens (tertiary/aromatic N) is 4. The predicted molar refractivity (Wildman–Crippen MR) is 153 cm³/mol. The number of H-pyrrole nitrogens is 1. The molecule has 4 aromatic rings. The van der Waals surface area contributed by atoms with Gasteiger partial charge in [-0.25, -0.2) is 14.6 Å². The van der Waals surface area contributed by atoms with Crippen molar-refractivity contribution in [3.8, 4) is 0 Å². The molecule has 41 heavy (non-hydrogen) atoms. The Morgan fingerprint density at radius 1 is 1.00 bits per heavy atom. The van der Waals surface area contributed by atoms with Crippen molar-refractivity contribution in [2.45, 2.75) is 13.2 Å². The van der Waals surface area contributed by atoms with Gasteiger partial charge in [-0.05, 0) is 23.3 Å². The van der Waals surface area contributed by atoms with E-state index in [2.05, 4.69) is 37.2 Å². The van der Waals surface area contributed by atoms with E-state index in [1.54, 1.807) is 28.5 Å². The first kappa shape index (κ1) is 27.0. The number of carbonyl (C=O) groups excluding carboxylic acids is 2. The van der Waals surface area contributed by atoms with Crippen molar-refractivity contribution in [3.05, 3.63) is 75.2 Å². The summed E-state index contributed by atoms with van der Waals surface area (Å²) in [5.41, 5.74) is 3.89. The van der Waals surface area contributed by atoms with Crippen molar-refractivity contribution in [1.29, 1.82) is 0 Å². The smallest absolute Gasteiger partial charge is 0.417 e. The number of hydrogen-bond acceptors (Lipinski definition) is 10. The number of anilines is 2. The van der Waals surface area contributed by atoms with Gasteiger partial charge in [0.05, 0.1) is 18.7 Å². The summed E-state index contributed by atoms with van der Waals surface area (Å²) in [7, 11) is 0. The van der Waals surface area contributed by atoms with Gasteiger partial charge in [0.1, 0.15) is 12.3 Å². The molecule has 2 amide bonds. The molecule has 2 aromatic heterocycles. The molecule has 0 bridgehead atoms. The lowest BCUT2D eigenvalue weighted by Gasteiger charge is -2.33. The van der Waals surface area contributed by atoms with Crippen molar-refractivity contribution in [2.75, 3.05) is 62.7 Å². The number of benzene rings is 2. The van der Waals surface area contributed by atoms with E-state index in [0.717, 1.165) is 38.4 Å². The quantitative estimate of drug-likeness (QED) is 0.339. The van der Waals surface area contributed by atoms with Gasteiger partial charge in [0.25, 0.3) is 5.91 Å². The Morgan fingerprint density at radius 3 is 2.54 bits per heavy atom. The molecule has 2 saturated heterocycles. The van der Waals surface area contributed by atoms with E-state index in [1.807, 2.05) is 12.1 Å². The Kier molecular flexibility index (Phi) is 7.98. The summed E-state index contributed by atoms with van der Waals surface area (Å²) in [6.45, 7) is 6.74. The molecule has 4 heterocycles. The lowest BCUT2D eigenvalue weighted by atomic mass is 10.1. The molecular formula is C28H30N6O6S. The van der Waals surface area contributed by atoms with Gasteiger partial charge in [-0.15, -0.1) is 11.3 Å². The second-order valence-electron chi connectivity index (χ2n) is 9.93. The highest BCUT2D eigenvalue weighted by molar-refractivity contribution is 7.14. The highest BCUT2D eigenvalue weighted by Gasteiger charge is 2.25. The number of nitrogens with one attached hydrogen (secondary N) is 2. The van der Waals surface area contributed by atoms with Gasteiger partial charge in [0, 0.05) is 62.9 Å². The van der Waals surface area contributed by atoms with Crippen LogP contribution in [0.3, 0.4) is 0 Å². The van der Waals surface area contributed by atoms with Crippen molar-refractivity contribution in [2.24, 2.45) is 0 Å². The number of amides is 2. The van der Waals surface area contributed by atoms with Crippen LogP contribution in [0, 0.1) is 0 Å². The number of piperazine rings is 1. The lowest BCUT2D eigenvalue weighted by molar-refractivity contribution is 0.0342. The van der Waals surface area contributed by atoms with Gasteiger partial charge in [-0.2, -0.15) is 0 Å². The zero-order valence-electron chi connectivity index (χ0n) is 22.3. The van der Waals surface area contributed by atoms with Gasteiger partial charge in [-0.1, -0.05) is 24.3 Å². The second kappa shape index (κ2) is 12.1. The summed E-state index contributed by atoms with van der Waals surface area (Å²) in [5, 5.41) is 5.20. The van der Waals surface area contributed by atoms with Crippen LogP contribution in [-0.2, 0) is 22.6 Å².